The fourth-order valence-electron chi connectivity index (χ4n) is 2.65. The quantitative estimate of drug-likeness (QED) is 0.884. The number of halogens is 1. The number of carbonyl (C=O) groups is 1. The second-order valence-corrected chi connectivity index (χ2v) is 5.33. The van der Waals surface area contributed by atoms with Crippen molar-refractivity contribution in [2.75, 3.05) is 19.7 Å². The molecule has 110 valence electrons. The molecule has 1 saturated heterocycles. The lowest BCUT2D eigenvalue weighted by Crippen LogP contribution is -2.41. The molecule has 1 aromatic rings. The maximum Gasteiger partial charge on any atom is 0.222 e. The first-order chi connectivity index (χ1) is 9.33. The minimum absolute atomic E-state index is 0. The number of ether oxygens (including phenoxy) is 1. The molecule has 2 fully saturated rings. The molecule has 20 heavy (non-hydrogen) atoms. The predicted octanol–water partition coefficient (Wildman–Crippen LogP) is 1.46. The first-order valence-corrected chi connectivity index (χ1v) is 6.99. The summed E-state index contributed by atoms with van der Waals surface area (Å²) in [5, 5.41) is 6.34. The molecule has 3 unspecified atom stereocenters. The Morgan fingerprint density at radius 3 is 2.85 bits per heavy atom. The molecule has 3 rings (SSSR count). The van der Waals surface area contributed by atoms with Crippen molar-refractivity contribution in [3.8, 4) is 0 Å². The highest BCUT2D eigenvalue weighted by Gasteiger charge is 2.39. The summed E-state index contributed by atoms with van der Waals surface area (Å²) < 4.78 is 5.54. The van der Waals surface area contributed by atoms with Crippen LogP contribution < -0.4 is 10.6 Å². The third-order valence-corrected chi connectivity index (χ3v) is 3.78. The molecule has 2 N–H and O–H groups in total. The van der Waals surface area contributed by atoms with Gasteiger partial charge in [-0.25, -0.2) is 0 Å². The van der Waals surface area contributed by atoms with Gasteiger partial charge in [0.05, 0.1) is 19.1 Å². The Labute approximate surface area is 125 Å². The standard InChI is InChI=1S/C15H20N2O2.ClH/c18-15(8-12-10-16-6-7-19-12)17-14-9-13(14)11-4-2-1-3-5-11;/h1-5,12-14,16H,6-10H2,(H,17,18);1H. The van der Waals surface area contributed by atoms with Crippen molar-refractivity contribution in [3.63, 3.8) is 0 Å². The number of hydrogen-bond acceptors (Lipinski definition) is 3. The molecule has 1 aromatic carbocycles. The number of amides is 1. The van der Waals surface area contributed by atoms with Crippen molar-refractivity contribution in [2.45, 2.75) is 30.9 Å². The van der Waals surface area contributed by atoms with E-state index < -0.39 is 0 Å². The van der Waals surface area contributed by atoms with E-state index in [0.717, 1.165) is 19.5 Å². The summed E-state index contributed by atoms with van der Waals surface area (Å²) in [5.74, 6) is 0.604. The number of rotatable bonds is 4. The number of benzene rings is 1. The molecule has 1 aliphatic carbocycles. The number of morpholine rings is 1. The lowest BCUT2D eigenvalue weighted by molar-refractivity contribution is -0.124. The maximum atomic E-state index is 11.9. The normalized spacial score (nSPS) is 28.3. The first kappa shape index (κ1) is 15.3. The zero-order valence-corrected chi connectivity index (χ0v) is 12.2. The summed E-state index contributed by atoms with van der Waals surface area (Å²) in [7, 11) is 0. The van der Waals surface area contributed by atoms with Crippen LogP contribution in [0.25, 0.3) is 0 Å². The first-order valence-electron chi connectivity index (χ1n) is 6.99. The Kier molecular flexibility index (Phi) is 5.40. The highest BCUT2D eigenvalue weighted by molar-refractivity contribution is 5.85. The molecule has 1 heterocycles. The Balaban J connectivity index is 0.00000147. The third kappa shape index (κ3) is 3.95. The van der Waals surface area contributed by atoms with Crippen molar-refractivity contribution in [2.24, 2.45) is 0 Å². The van der Waals surface area contributed by atoms with E-state index in [4.69, 9.17) is 4.74 Å². The number of nitrogens with one attached hydrogen (secondary N) is 2. The van der Waals surface area contributed by atoms with Crippen LogP contribution >= 0.6 is 12.4 Å². The Morgan fingerprint density at radius 2 is 2.15 bits per heavy atom. The van der Waals surface area contributed by atoms with Crippen LogP contribution in [0, 0.1) is 0 Å². The lowest BCUT2D eigenvalue weighted by atomic mass is 10.1. The lowest BCUT2D eigenvalue weighted by Gasteiger charge is -2.23. The van der Waals surface area contributed by atoms with Gasteiger partial charge in [-0.15, -0.1) is 12.4 Å². The van der Waals surface area contributed by atoms with Gasteiger partial charge in [0.1, 0.15) is 0 Å². The molecular formula is C15H21ClN2O2. The number of hydrogen-bond donors (Lipinski definition) is 2. The Hall–Kier alpha value is -1.10. The van der Waals surface area contributed by atoms with Crippen LogP contribution in [0.5, 0.6) is 0 Å². The molecule has 3 atom stereocenters. The van der Waals surface area contributed by atoms with Crippen molar-refractivity contribution in [3.05, 3.63) is 35.9 Å². The summed E-state index contributed by atoms with van der Waals surface area (Å²) >= 11 is 0. The van der Waals surface area contributed by atoms with Crippen molar-refractivity contribution in [1.82, 2.24) is 10.6 Å². The van der Waals surface area contributed by atoms with E-state index in [-0.39, 0.29) is 24.4 Å². The molecule has 1 saturated carbocycles. The van der Waals surface area contributed by atoms with Gasteiger partial charge in [0.25, 0.3) is 0 Å². The van der Waals surface area contributed by atoms with Gasteiger partial charge in [-0.05, 0) is 12.0 Å². The third-order valence-electron chi connectivity index (χ3n) is 3.78. The molecule has 1 amide bonds. The zero-order chi connectivity index (χ0) is 13.1. The smallest absolute Gasteiger partial charge is 0.222 e. The molecular weight excluding hydrogens is 276 g/mol. The van der Waals surface area contributed by atoms with E-state index in [9.17, 15) is 4.79 Å². The minimum Gasteiger partial charge on any atom is -0.375 e. The predicted molar refractivity (Wildman–Crippen MR) is 80.2 cm³/mol. The Bertz CT molecular complexity index is 435. The van der Waals surface area contributed by atoms with Crippen LogP contribution in [-0.4, -0.2) is 37.7 Å². The van der Waals surface area contributed by atoms with Crippen molar-refractivity contribution < 1.29 is 9.53 Å². The molecule has 2 aliphatic rings. The summed E-state index contributed by atoms with van der Waals surface area (Å²) in [4.78, 5) is 11.9. The molecule has 5 heteroatoms. The molecule has 0 spiro atoms. The van der Waals surface area contributed by atoms with Crippen LogP contribution in [0.1, 0.15) is 24.3 Å². The van der Waals surface area contributed by atoms with E-state index in [0.29, 0.717) is 25.0 Å². The second-order valence-electron chi connectivity index (χ2n) is 5.33. The SMILES string of the molecule is Cl.O=C(CC1CNCCO1)NC1CC1c1ccccc1. The van der Waals surface area contributed by atoms with Crippen LogP contribution in [0.15, 0.2) is 30.3 Å². The highest BCUT2D eigenvalue weighted by Crippen LogP contribution is 2.40. The monoisotopic (exact) mass is 296 g/mol. The van der Waals surface area contributed by atoms with Crippen LogP contribution in [0.4, 0.5) is 0 Å². The molecule has 0 aromatic heterocycles. The maximum absolute atomic E-state index is 11.9. The molecule has 4 nitrogen and oxygen atoms in total. The summed E-state index contributed by atoms with van der Waals surface area (Å²) in [6.07, 6.45) is 1.55. The van der Waals surface area contributed by atoms with E-state index >= 15 is 0 Å². The summed E-state index contributed by atoms with van der Waals surface area (Å²) in [6, 6.07) is 10.7. The van der Waals surface area contributed by atoms with Gasteiger partial charge >= 0.3 is 0 Å². The van der Waals surface area contributed by atoms with Gasteiger partial charge in [-0.1, -0.05) is 30.3 Å². The van der Waals surface area contributed by atoms with Gasteiger partial charge in [0, 0.05) is 25.0 Å². The second kappa shape index (κ2) is 7.07. The fraction of sp³-hybridized carbons (Fsp3) is 0.533. The van der Waals surface area contributed by atoms with Crippen LogP contribution in [-0.2, 0) is 9.53 Å². The van der Waals surface area contributed by atoms with Gasteiger partial charge in [-0.3, -0.25) is 4.79 Å². The zero-order valence-electron chi connectivity index (χ0n) is 11.4. The summed E-state index contributed by atoms with van der Waals surface area (Å²) in [5.41, 5.74) is 1.32. The van der Waals surface area contributed by atoms with Crippen LogP contribution in [0.2, 0.25) is 0 Å². The number of carbonyl (C=O) groups excluding carboxylic acids is 1. The van der Waals surface area contributed by atoms with Crippen LogP contribution in [0.3, 0.4) is 0 Å². The fourth-order valence-corrected chi connectivity index (χ4v) is 2.65. The highest BCUT2D eigenvalue weighted by atomic mass is 35.5. The van der Waals surface area contributed by atoms with Gasteiger partial charge in [0.15, 0.2) is 0 Å². The average molecular weight is 297 g/mol. The van der Waals surface area contributed by atoms with E-state index in [1.54, 1.807) is 0 Å². The topological polar surface area (TPSA) is 50.4 Å². The minimum atomic E-state index is 0. The largest absolute Gasteiger partial charge is 0.375 e. The van der Waals surface area contributed by atoms with E-state index in [1.807, 2.05) is 18.2 Å². The van der Waals surface area contributed by atoms with Gasteiger partial charge in [-0.2, -0.15) is 0 Å². The summed E-state index contributed by atoms with van der Waals surface area (Å²) in [6.45, 7) is 2.37. The molecule has 0 radical (unpaired) electrons. The van der Waals surface area contributed by atoms with Gasteiger partial charge < -0.3 is 15.4 Å². The van der Waals surface area contributed by atoms with E-state index in [2.05, 4.69) is 22.8 Å². The van der Waals surface area contributed by atoms with Crippen molar-refractivity contribution >= 4 is 18.3 Å². The average Bonchev–Trinajstić information content (AvgIpc) is 3.20. The van der Waals surface area contributed by atoms with Crippen molar-refractivity contribution in [1.29, 1.82) is 0 Å². The molecule has 1 aliphatic heterocycles. The molecule has 0 bridgehead atoms. The van der Waals surface area contributed by atoms with E-state index in [1.165, 1.54) is 5.56 Å². The van der Waals surface area contributed by atoms with Gasteiger partial charge in [0.2, 0.25) is 5.91 Å². The Morgan fingerprint density at radius 1 is 1.35 bits per heavy atom.